The van der Waals surface area contributed by atoms with E-state index in [1.54, 1.807) is 18.0 Å². The number of amides is 1. The van der Waals surface area contributed by atoms with Crippen LogP contribution < -0.4 is 5.32 Å². The fraction of sp³-hybridized carbons (Fsp3) is 0.385. The first-order valence-electron chi connectivity index (χ1n) is 6.33. The number of nitro groups is 1. The maximum atomic E-state index is 11.8. The second-order valence-corrected chi connectivity index (χ2v) is 4.56. The van der Waals surface area contributed by atoms with Crippen LogP contribution in [0.3, 0.4) is 0 Å². The number of hydrogen-bond donors (Lipinski definition) is 2. The molecule has 0 fully saturated rings. The number of benzene rings is 1. The number of aliphatic carboxylic acids is 1. The molecule has 1 aromatic carbocycles. The van der Waals surface area contributed by atoms with Crippen molar-refractivity contribution in [3.05, 3.63) is 34.4 Å². The van der Waals surface area contributed by atoms with Gasteiger partial charge in [-0.3, -0.25) is 24.6 Å². The molecule has 0 aliphatic carbocycles. The van der Waals surface area contributed by atoms with E-state index in [-0.39, 0.29) is 30.2 Å². The van der Waals surface area contributed by atoms with Crippen LogP contribution in [0.15, 0.2) is 24.3 Å². The maximum Gasteiger partial charge on any atom is 0.303 e. The quantitative estimate of drug-likeness (QED) is 0.552. The van der Waals surface area contributed by atoms with Gasteiger partial charge in [-0.1, -0.05) is 12.1 Å². The molecule has 0 spiro atoms. The van der Waals surface area contributed by atoms with Gasteiger partial charge in [-0.05, 0) is 26.1 Å². The Morgan fingerprint density at radius 1 is 1.38 bits per heavy atom. The molecule has 1 amide bonds. The van der Waals surface area contributed by atoms with Gasteiger partial charge in [-0.15, -0.1) is 0 Å². The molecule has 114 valence electrons. The van der Waals surface area contributed by atoms with E-state index in [4.69, 9.17) is 5.11 Å². The van der Waals surface area contributed by atoms with Gasteiger partial charge in [-0.2, -0.15) is 0 Å². The van der Waals surface area contributed by atoms with E-state index in [0.717, 1.165) is 0 Å². The van der Waals surface area contributed by atoms with Crippen molar-refractivity contribution in [3.8, 4) is 0 Å². The van der Waals surface area contributed by atoms with E-state index < -0.39 is 10.9 Å². The van der Waals surface area contributed by atoms with Crippen LogP contribution in [0.5, 0.6) is 0 Å². The maximum absolute atomic E-state index is 11.8. The van der Waals surface area contributed by atoms with Gasteiger partial charge in [0.25, 0.3) is 5.69 Å². The van der Waals surface area contributed by atoms with Gasteiger partial charge in [0.15, 0.2) is 0 Å². The fourth-order valence-corrected chi connectivity index (χ4v) is 1.75. The molecule has 1 aromatic rings. The summed E-state index contributed by atoms with van der Waals surface area (Å²) in [4.78, 5) is 34.1. The number of anilines is 1. The Morgan fingerprint density at radius 2 is 2.05 bits per heavy atom. The van der Waals surface area contributed by atoms with Crippen LogP contribution in [0.4, 0.5) is 11.4 Å². The van der Waals surface area contributed by atoms with Crippen LogP contribution in [0.1, 0.15) is 12.8 Å². The number of para-hydroxylation sites is 2. The van der Waals surface area contributed by atoms with E-state index in [1.165, 1.54) is 18.2 Å². The lowest BCUT2D eigenvalue weighted by Crippen LogP contribution is -2.31. The number of carbonyl (C=O) groups excluding carboxylic acids is 1. The molecule has 8 nitrogen and oxygen atoms in total. The number of rotatable bonds is 8. The van der Waals surface area contributed by atoms with E-state index in [1.807, 2.05) is 0 Å². The minimum atomic E-state index is -0.882. The van der Waals surface area contributed by atoms with Crippen LogP contribution in [0, 0.1) is 10.1 Å². The highest BCUT2D eigenvalue weighted by Crippen LogP contribution is 2.22. The van der Waals surface area contributed by atoms with Crippen molar-refractivity contribution in [2.75, 3.05) is 25.5 Å². The minimum Gasteiger partial charge on any atom is -0.481 e. The lowest BCUT2D eigenvalue weighted by atomic mass is 10.2. The Balaban J connectivity index is 2.50. The summed E-state index contributed by atoms with van der Waals surface area (Å²) in [6.07, 6.45) is 0.473. The molecule has 0 bridgehead atoms. The van der Waals surface area contributed by atoms with E-state index in [2.05, 4.69) is 5.32 Å². The van der Waals surface area contributed by atoms with Crippen molar-refractivity contribution in [1.82, 2.24) is 4.90 Å². The van der Waals surface area contributed by atoms with Crippen molar-refractivity contribution in [3.63, 3.8) is 0 Å². The number of carbonyl (C=O) groups is 2. The zero-order valence-corrected chi connectivity index (χ0v) is 11.6. The second-order valence-electron chi connectivity index (χ2n) is 4.56. The predicted molar refractivity (Wildman–Crippen MR) is 76.1 cm³/mol. The Morgan fingerprint density at radius 3 is 2.67 bits per heavy atom. The van der Waals surface area contributed by atoms with Gasteiger partial charge in [0.05, 0.1) is 11.5 Å². The average Bonchev–Trinajstić information content (AvgIpc) is 2.38. The molecule has 0 aliphatic rings. The SMILES string of the molecule is CN(CCCC(=O)O)CC(=O)Nc1ccccc1[N+](=O)[O-]. The summed E-state index contributed by atoms with van der Waals surface area (Å²) in [6.45, 7) is 0.488. The number of nitrogens with zero attached hydrogens (tertiary/aromatic N) is 2. The summed E-state index contributed by atoms with van der Waals surface area (Å²) >= 11 is 0. The predicted octanol–water partition coefficient (Wildman–Crippen LogP) is 1.33. The van der Waals surface area contributed by atoms with E-state index in [9.17, 15) is 19.7 Å². The smallest absolute Gasteiger partial charge is 0.303 e. The average molecular weight is 295 g/mol. The summed E-state index contributed by atoms with van der Waals surface area (Å²) in [5.74, 6) is -1.27. The zero-order chi connectivity index (χ0) is 15.8. The largest absolute Gasteiger partial charge is 0.481 e. The summed E-state index contributed by atoms with van der Waals surface area (Å²) in [5, 5.41) is 21.8. The van der Waals surface area contributed by atoms with Crippen molar-refractivity contribution >= 4 is 23.3 Å². The molecule has 8 heteroatoms. The van der Waals surface area contributed by atoms with Crippen LogP contribution in [0.25, 0.3) is 0 Å². The zero-order valence-electron chi connectivity index (χ0n) is 11.6. The standard InChI is InChI=1S/C13H17N3O5/c1-15(8-4-7-13(18)19)9-12(17)14-10-5-2-3-6-11(10)16(20)21/h2-3,5-6H,4,7-9H2,1H3,(H,14,17)(H,18,19). The summed E-state index contributed by atoms with van der Waals surface area (Å²) in [6, 6.07) is 5.89. The highest BCUT2D eigenvalue weighted by molar-refractivity contribution is 5.94. The lowest BCUT2D eigenvalue weighted by molar-refractivity contribution is -0.383. The van der Waals surface area contributed by atoms with Crippen molar-refractivity contribution in [2.24, 2.45) is 0 Å². The minimum absolute atomic E-state index is 0.0334. The van der Waals surface area contributed by atoms with Gasteiger partial charge >= 0.3 is 5.97 Å². The van der Waals surface area contributed by atoms with Crippen LogP contribution in [0.2, 0.25) is 0 Å². The van der Waals surface area contributed by atoms with Gasteiger partial charge in [-0.25, -0.2) is 0 Å². The van der Waals surface area contributed by atoms with Crippen LogP contribution >= 0.6 is 0 Å². The van der Waals surface area contributed by atoms with Gasteiger partial charge < -0.3 is 10.4 Å². The number of hydrogen-bond acceptors (Lipinski definition) is 5. The Bertz CT molecular complexity index is 532. The Hall–Kier alpha value is -2.48. The summed E-state index contributed by atoms with van der Waals surface area (Å²) in [5.41, 5.74) is -0.0224. The first kappa shape index (κ1) is 16.6. The van der Waals surface area contributed by atoms with Crippen molar-refractivity contribution < 1.29 is 19.6 Å². The molecule has 0 aliphatic heterocycles. The van der Waals surface area contributed by atoms with Crippen molar-refractivity contribution in [2.45, 2.75) is 12.8 Å². The van der Waals surface area contributed by atoms with Gasteiger partial charge in [0, 0.05) is 12.5 Å². The third kappa shape index (κ3) is 6.00. The normalized spacial score (nSPS) is 10.4. The summed E-state index contributed by atoms with van der Waals surface area (Å²) in [7, 11) is 1.68. The first-order valence-corrected chi connectivity index (χ1v) is 6.33. The second kappa shape index (κ2) is 7.95. The molecule has 0 saturated carbocycles. The molecule has 1 rings (SSSR count). The van der Waals surface area contributed by atoms with Gasteiger partial charge in [0.1, 0.15) is 5.69 Å². The topological polar surface area (TPSA) is 113 Å². The number of nitro benzene ring substituents is 1. The molecule has 2 N–H and O–H groups in total. The van der Waals surface area contributed by atoms with E-state index >= 15 is 0 Å². The highest BCUT2D eigenvalue weighted by atomic mass is 16.6. The van der Waals surface area contributed by atoms with Crippen molar-refractivity contribution in [1.29, 1.82) is 0 Å². The molecule has 0 heterocycles. The Labute approximate surface area is 121 Å². The number of carboxylic acids is 1. The molecular weight excluding hydrogens is 278 g/mol. The Kier molecular flexibility index (Phi) is 6.28. The van der Waals surface area contributed by atoms with E-state index in [0.29, 0.717) is 13.0 Å². The number of nitrogens with one attached hydrogen (secondary N) is 1. The third-order valence-electron chi connectivity index (χ3n) is 2.72. The molecule has 0 aromatic heterocycles. The molecular formula is C13H17N3O5. The third-order valence-corrected chi connectivity index (χ3v) is 2.72. The van der Waals surface area contributed by atoms with Crippen LogP contribution in [-0.4, -0.2) is 46.9 Å². The monoisotopic (exact) mass is 295 g/mol. The van der Waals surface area contributed by atoms with Crippen LogP contribution in [-0.2, 0) is 9.59 Å². The molecule has 0 saturated heterocycles. The molecule has 21 heavy (non-hydrogen) atoms. The summed E-state index contributed by atoms with van der Waals surface area (Å²) < 4.78 is 0. The van der Waals surface area contributed by atoms with Gasteiger partial charge in [0.2, 0.25) is 5.91 Å². The number of likely N-dealkylation sites (N-methyl/N-ethyl adjacent to an activating group) is 1. The molecule has 0 unspecified atom stereocenters. The first-order chi connectivity index (χ1) is 9.90. The molecule has 0 radical (unpaired) electrons. The lowest BCUT2D eigenvalue weighted by Gasteiger charge is -2.15. The highest BCUT2D eigenvalue weighted by Gasteiger charge is 2.15. The fourth-order valence-electron chi connectivity index (χ4n) is 1.75. The molecule has 0 atom stereocenters. The number of carboxylic acid groups (broad SMARTS) is 1.